The lowest BCUT2D eigenvalue weighted by Crippen LogP contribution is -2.16. The van der Waals surface area contributed by atoms with Crippen LogP contribution in [0.15, 0.2) is 64.8 Å². The van der Waals surface area contributed by atoms with E-state index in [1.165, 1.54) is 47.8 Å². The van der Waals surface area contributed by atoms with Crippen molar-refractivity contribution in [2.45, 2.75) is 22.7 Å². The summed E-state index contributed by atoms with van der Waals surface area (Å²) in [6.45, 7) is 2.02. The Morgan fingerprint density at radius 3 is 2.41 bits per heavy atom. The van der Waals surface area contributed by atoms with Gasteiger partial charge in [-0.2, -0.15) is 0 Å². The highest BCUT2D eigenvalue weighted by Crippen LogP contribution is 2.23. The van der Waals surface area contributed by atoms with Crippen LogP contribution in [0.5, 0.6) is 0 Å². The van der Waals surface area contributed by atoms with E-state index in [1.807, 2.05) is 31.2 Å². The van der Waals surface area contributed by atoms with Crippen molar-refractivity contribution in [1.82, 2.24) is 9.97 Å². The summed E-state index contributed by atoms with van der Waals surface area (Å²) in [5, 5.41) is 8.22. The fourth-order valence-corrected chi connectivity index (χ4v) is 3.79. The van der Waals surface area contributed by atoms with Gasteiger partial charge >= 0.3 is 0 Å². The summed E-state index contributed by atoms with van der Waals surface area (Å²) < 4.78 is 22.6. The maximum absolute atomic E-state index is 12.5. The zero-order valence-corrected chi connectivity index (χ0v) is 17.7. The predicted molar refractivity (Wildman–Crippen MR) is 114 cm³/mol. The van der Waals surface area contributed by atoms with E-state index in [9.17, 15) is 13.2 Å². The third-order valence-electron chi connectivity index (χ3n) is 3.87. The minimum Gasteiger partial charge on any atom is -0.321 e. The first-order chi connectivity index (χ1) is 13.7. The first-order valence-electron chi connectivity index (χ1n) is 8.37. The van der Waals surface area contributed by atoms with Gasteiger partial charge in [0.2, 0.25) is 10.0 Å². The number of nitrogens with one attached hydrogen (secondary N) is 1. The molecule has 1 amide bonds. The number of anilines is 1. The number of nitrogens with zero attached hydrogens (tertiary/aromatic N) is 2. The number of primary sulfonamides is 1. The molecule has 10 heteroatoms. The molecule has 7 nitrogen and oxygen atoms in total. The van der Waals surface area contributed by atoms with Gasteiger partial charge < -0.3 is 5.32 Å². The molecule has 3 aromatic rings. The number of carbonyl (C=O) groups excluding carboxylic acids is 1. The zero-order chi connectivity index (χ0) is 21.0. The molecular weight excluding hydrogens is 432 g/mol. The minimum atomic E-state index is -3.80. The standard InChI is InChI=1S/C19H17ClN4O3S2/c1-12-2-4-13(5-3-12)11-28-19-22-10-16(20)17(24-19)18(25)23-14-6-8-15(9-7-14)29(21,26)27/h2-10H,11H2,1H3,(H,23,25)(H2,21,26,27). The Bertz CT molecular complexity index is 1140. The molecule has 0 atom stereocenters. The molecule has 3 N–H and O–H groups in total. The molecular formula is C19H17ClN4O3S2. The lowest BCUT2D eigenvalue weighted by molar-refractivity contribution is 0.102. The molecule has 0 aliphatic heterocycles. The number of hydrogen-bond acceptors (Lipinski definition) is 6. The number of aryl methyl sites for hydroxylation is 1. The fraction of sp³-hybridized carbons (Fsp3) is 0.105. The Morgan fingerprint density at radius 2 is 1.79 bits per heavy atom. The van der Waals surface area contributed by atoms with Gasteiger partial charge in [-0.25, -0.2) is 23.5 Å². The van der Waals surface area contributed by atoms with Crippen LogP contribution in [0.2, 0.25) is 5.02 Å². The molecule has 0 aliphatic carbocycles. The second-order valence-corrected chi connectivity index (χ2v) is 9.06. The van der Waals surface area contributed by atoms with Crippen molar-refractivity contribution >= 4 is 45.0 Å². The number of carbonyl (C=O) groups is 1. The van der Waals surface area contributed by atoms with E-state index in [0.29, 0.717) is 16.6 Å². The van der Waals surface area contributed by atoms with Gasteiger partial charge in [0, 0.05) is 11.4 Å². The second-order valence-electron chi connectivity index (χ2n) is 6.15. The summed E-state index contributed by atoms with van der Waals surface area (Å²) in [6.07, 6.45) is 1.38. The summed E-state index contributed by atoms with van der Waals surface area (Å²) in [6, 6.07) is 13.6. The summed E-state index contributed by atoms with van der Waals surface area (Å²) in [5.41, 5.74) is 2.70. The zero-order valence-electron chi connectivity index (χ0n) is 15.3. The van der Waals surface area contributed by atoms with E-state index in [2.05, 4.69) is 15.3 Å². The van der Waals surface area contributed by atoms with Crippen molar-refractivity contribution in [2.75, 3.05) is 5.32 Å². The fourth-order valence-electron chi connectivity index (χ4n) is 2.33. The molecule has 0 saturated heterocycles. The normalized spacial score (nSPS) is 11.3. The van der Waals surface area contributed by atoms with Crippen LogP contribution in [0.4, 0.5) is 5.69 Å². The van der Waals surface area contributed by atoms with Gasteiger partial charge in [-0.1, -0.05) is 53.2 Å². The van der Waals surface area contributed by atoms with Crippen molar-refractivity contribution in [3.63, 3.8) is 0 Å². The number of rotatable bonds is 6. The van der Waals surface area contributed by atoms with Gasteiger partial charge in [0.15, 0.2) is 10.9 Å². The number of amides is 1. The Kier molecular flexibility index (Phi) is 6.53. The molecule has 0 bridgehead atoms. The molecule has 2 aromatic carbocycles. The van der Waals surface area contributed by atoms with Crippen LogP contribution in [-0.2, 0) is 15.8 Å². The van der Waals surface area contributed by atoms with E-state index in [-0.39, 0.29) is 15.6 Å². The Morgan fingerprint density at radius 1 is 1.14 bits per heavy atom. The Balaban J connectivity index is 1.71. The third kappa shape index (κ3) is 5.77. The summed E-state index contributed by atoms with van der Waals surface area (Å²) in [5.74, 6) is 0.121. The van der Waals surface area contributed by atoms with Gasteiger partial charge in [0.25, 0.3) is 5.91 Å². The SMILES string of the molecule is Cc1ccc(CSc2ncc(Cl)c(C(=O)Nc3ccc(S(N)(=O)=O)cc3)n2)cc1. The van der Waals surface area contributed by atoms with Crippen LogP contribution in [0.25, 0.3) is 0 Å². The minimum absolute atomic E-state index is 0.0311. The van der Waals surface area contributed by atoms with Crippen LogP contribution < -0.4 is 10.5 Å². The quantitative estimate of drug-likeness (QED) is 0.439. The number of aromatic nitrogens is 2. The van der Waals surface area contributed by atoms with Crippen molar-refractivity contribution in [3.8, 4) is 0 Å². The molecule has 3 rings (SSSR count). The molecule has 1 aromatic heterocycles. The molecule has 0 saturated carbocycles. The van der Waals surface area contributed by atoms with E-state index >= 15 is 0 Å². The third-order valence-corrected chi connectivity index (χ3v) is 6.00. The topological polar surface area (TPSA) is 115 Å². The van der Waals surface area contributed by atoms with Gasteiger partial charge in [0.05, 0.1) is 16.1 Å². The van der Waals surface area contributed by atoms with E-state index in [0.717, 1.165) is 5.56 Å². The van der Waals surface area contributed by atoms with Crippen molar-refractivity contribution < 1.29 is 13.2 Å². The molecule has 0 unspecified atom stereocenters. The second kappa shape index (κ2) is 8.91. The number of nitrogens with two attached hydrogens (primary N) is 1. The van der Waals surface area contributed by atoms with Gasteiger partial charge in [-0.3, -0.25) is 4.79 Å². The van der Waals surface area contributed by atoms with Crippen LogP contribution in [0.3, 0.4) is 0 Å². The molecule has 150 valence electrons. The Hall–Kier alpha value is -2.46. The van der Waals surface area contributed by atoms with Crippen LogP contribution in [-0.4, -0.2) is 24.3 Å². The Labute approximate surface area is 177 Å². The van der Waals surface area contributed by atoms with E-state index < -0.39 is 15.9 Å². The van der Waals surface area contributed by atoms with Crippen LogP contribution in [0, 0.1) is 6.92 Å². The predicted octanol–water partition coefficient (Wildman–Crippen LogP) is 3.63. The highest BCUT2D eigenvalue weighted by atomic mass is 35.5. The monoisotopic (exact) mass is 448 g/mol. The number of halogens is 1. The maximum Gasteiger partial charge on any atom is 0.275 e. The first kappa shape index (κ1) is 21.3. The van der Waals surface area contributed by atoms with Gasteiger partial charge in [0.1, 0.15) is 0 Å². The van der Waals surface area contributed by atoms with E-state index in [1.54, 1.807) is 0 Å². The van der Waals surface area contributed by atoms with Crippen LogP contribution >= 0.6 is 23.4 Å². The smallest absolute Gasteiger partial charge is 0.275 e. The average Bonchev–Trinajstić information content (AvgIpc) is 2.68. The molecule has 0 aliphatic rings. The molecule has 0 radical (unpaired) electrons. The first-order valence-corrected chi connectivity index (χ1v) is 11.3. The number of hydrogen-bond donors (Lipinski definition) is 2. The molecule has 0 fully saturated rings. The number of thioether (sulfide) groups is 1. The lowest BCUT2D eigenvalue weighted by atomic mass is 10.2. The van der Waals surface area contributed by atoms with Gasteiger partial charge in [-0.05, 0) is 36.8 Å². The molecule has 0 spiro atoms. The largest absolute Gasteiger partial charge is 0.321 e. The van der Waals surface area contributed by atoms with Gasteiger partial charge in [-0.15, -0.1) is 0 Å². The summed E-state index contributed by atoms with van der Waals surface area (Å²) in [7, 11) is -3.80. The highest BCUT2D eigenvalue weighted by Gasteiger charge is 2.15. The molecule has 1 heterocycles. The van der Waals surface area contributed by atoms with E-state index in [4.69, 9.17) is 16.7 Å². The summed E-state index contributed by atoms with van der Waals surface area (Å²) in [4.78, 5) is 20.9. The highest BCUT2D eigenvalue weighted by molar-refractivity contribution is 7.98. The number of benzene rings is 2. The van der Waals surface area contributed by atoms with Crippen LogP contribution in [0.1, 0.15) is 21.6 Å². The van der Waals surface area contributed by atoms with Crippen molar-refractivity contribution in [2.24, 2.45) is 5.14 Å². The lowest BCUT2D eigenvalue weighted by Gasteiger charge is -2.08. The molecule has 29 heavy (non-hydrogen) atoms. The maximum atomic E-state index is 12.5. The van der Waals surface area contributed by atoms with Crippen molar-refractivity contribution in [3.05, 3.63) is 76.6 Å². The number of sulfonamides is 1. The summed E-state index contributed by atoms with van der Waals surface area (Å²) >= 11 is 7.48. The average molecular weight is 449 g/mol. The van der Waals surface area contributed by atoms with Crippen molar-refractivity contribution in [1.29, 1.82) is 0 Å².